The first-order valence-corrected chi connectivity index (χ1v) is 10.0. The molecule has 0 atom stereocenters. The summed E-state index contributed by atoms with van der Waals surface area (Å²) in [6, 6.07) is 11.6. The van der Waals surface area contributed by atoms with Gasteiger partial charge < -0.3 is 9.47 Å². The van der Waals surface area contributed by atoms with Crippen molar-refractivity contribution in [3.8, 4) is 28.6 Å². The number of aromatic nitrogens is 5. The summed E-state index contributed by atoms with van der Waals surface area (Å²) in [5.41, 5.74) is 0.193. The molecule has 0 radical (unpaired) electrons. The third-order valence-corrected chi connectivity index (χ3v) is 5.13. The van der Waals surface area contributed by atoms with Crippen molar-refractivity contribution in [3.05, 3.63) is 81.8 Å². The Labute approximate surface area is 193 Å². The summed E-state index contributed by atoms with van der Waals surface area (Å²) < 4.78 is 48.4. The lowest BCUT2D eigenvalue weighted by molar-refractivity contribution is -0.274. The number of hydrogen-bond donors (Lipinski definition) is 1. The second kappa shape index (κ2) is 8.24. The maximum absolute atomic E-state index is 12.9. The van der Waals surface area contributed by atoms with Crippen LogP contribution >= 0.6 is 0 Å². The third-order valence-electron chi connectivity index (χ3n) is 5.13. The van der Waals surface area contributed by atoms with Gasteiger partial charge in [0.1, 0.15) is 11.3 Å². The Kier molecular flexibility index (Phi) is 5.20. The third kappa shape index (κ3) is 4.16. The Hall–Kier alpha value is -4.74. The summed E-state index contributed by atoms with van der Waals surface area (Å²) in [7, 11) is 1.49. The van der Waals surface area contributed by atoms with E-state index in [-0.39, 0.29) is 22.1 Å². The van der Waals surface area contributed by atoms with Crippen LogP contribution in [0.4, 0.5) is 13.2 Å². The molecule has 1 N–H and O–H groups in total. The van der Waals surface area contributed by atoms with Gasteiger partial charge in [-0.3, -0.25) is 19.3 Å². The number of nitrogens with zero attached hydrogens (tertiary/aromatic N) is 4. The molecule has 5 aromatic rings. The van der Waals surface area contributed by atoms with E-state index in [0.717, 1.165) is 16.7 Å². The number of H-pyrrole nitrogens is 1. The van der Waals surface area contributed by atoms with Crippen LogP contribution < -0.4 is 20.7 Å². The minimum atomic E-state index is -4.92. The van der Waals surface area contributed by atoms with Crippen molar-refractivity contribution in [1.29, 1.82) is 0 Å². The number of ether oxygens (including phenoxy) is 2. The molecule has 4 aromatic heterocycles. The quantitative estimate of drug-likeness (QED) is 0.391. The Balaban J connectivity index is 1.80. The van der Waals surface area contributed by atoms with E-state index in [4.69, 9.17) is 4.74 Å². The Morgan fingerprint density at radius 3 is 2.54 bits per heavy atom. The fourth-order valence-electron chi connectivity index (χ4n) is 3.65. The molecular weight excluding hydrogens is 467 g/mol. The first-order chi connectivity index (χ1) is 16.7. The van der Waals surface area contributed by atoms with Gasteiger partial charge in [0.05, 0.1) is 34.9 Å². The van der Waals surface area contributed by atoms with E-state index in [2.05, 4.69) is 24.7 Å². The van der Waals surface area contributed by atoms with Crippen molar-refractivity contribution >= 4 is 21.9 Å². The van der Waals surface area contributed by atoms with Crippen LogP contribution in [0, 0.1) is 0 Å². The number of hydrogen-bond acceptors (Lipinski definition) is 7. The first kappa shape index (κ1) is 22.1. The molecule has 0 bridgehead atoms. The van der Waals surface area contributed by atoms with Gasteiger partial charge in [0.15, 0.2) is 0 Å². The van der Waals surface area contributed by atoms with Gasteiger partial charge in [0.25, 0.3) is 5.56 Å². The molecule has 0 spiro atoms. The summed E-state index contributed by atoms with van der Waals surface area (Å²) in [5.74, 6) is -0.124. The predicted octanol–water partition coefficient (Wildman–Crippen LogP) is 3.59. The highest BCUT2D eigenvalue weighted by Gasteiger charge is 2.31. The number of fused-ring (bicyclic) bond motifs is 3. The van der Waals surface area contributed by atoms with Crippen molar-refractivity contribution in [2.24, 2.45) is 0 Å². The average Bonchev–Trinajstić information content (AvgIpc) is 2.83. The molecule has 0 saturated heterocycles. The lowest BCUT2D eigenvalue weighted by atomic mass is 10.1. The zero-order valence-electron chi connectivity index (χ0n) is 17.8. The number of halogens is 3. The molecule has 5 rings (SSSR count). The highest BCUT2D eigenvalue weighted by molar-refractivity contribution is 6.01. The zero-order valence-corrected chi connectivity index (χ0v) is 17.8. The minimum absolute atomic E-state index is 0.0248. The summed E-state index contributed by atoms with van der Waals surface area (Å²) >= 11 is 0. The van der Waals surface area contributed by atoms with Gasteiger partial charge >= 0.3 is 12.1 Å². The van der Waals surface area contributed by atoms with Crippen LogP contribution in [0.1, 0.15) is 0 Å². The average molecular weight is 481 g/mol. The van der Waals surface area contributed by atoms with Crippen molar-refractivity contribution < 1.29 is 22.6 Å². The number of benzene rings is 1. The molecule has 0 saturated carbocycles. The highest BCUT2D eigenvalue weighted by atomic mass is 19.4. The largest absolute Gasteiger partial charge is 0.573 e. The maximum Gasteiger partial charge on any atom is 0.573 e. The van der Waals surface area contributed by atoms with E-state index in [1.54, 1.807) is 30.5 Å². The summed E-state index contributed by atoms with van der Waals surface area (Å²) in [6.45, 7) is 0. The lowest BCUT2D eigenvalue weighted by Crippen LogP contribution is -2.29. The zero-order chi connectivity index (χ0) is 24.7. The fourth-order valence-corrected chi connectivity index (χ4v) is 3.65. The fraction of sp³-hybridized carbons (Fsp3) is 0.0870. The standard InChI is InChI=1S/C23H14F3N5O4/c1-34-18-8-5-12(10-28-18)16-6-7-17-19(29-16)20-15(11-27-17)21(32)30-22(33)31(20)13-3-2-4-14(9-13)35-23(24,25)26/h2-11H,1H3,(H,30,32,33). The Morgan fingerprint density at radius 2 is 1.83 bits per heavy atom. The van der Waals surface area contributed by atoms with Crippen LogP contribution in [-0.4, -0.2) is 38.0 Å². The molecule has 12 heteroatoms. The van der Waals surface area contributed by atoms with E-state index in [1.165, 1.54) is 25.4 Å². The molecule has 4 heterocycles. The van der Waals surface area contributed by atoms with Crippen molar-refractivity contribution in [2.45, 2.75) is 6.36 Å². The second-order valence-corrected chi connectivity index (χ2v) is 7.31. The van der Waals surface area contributed by atoms with Gasteiger partial charge in [-0.1, -0.05) is 6.07 Å². The van der Waals surface area contributed by atoms with Crippen LogP contribution in [0.3, 0.4) is 0 Å². The topological polar surface area (TPSA) is 112 Å². The predicted molar refractivity (Wildman–Crippen MR) is 120 cm³/mol. The molecule has 35 heavy (non-hydrogen) atoms. The molecule has 0 aliphatic carbocycles. The number of aromatic amines is 1. The van der Waals surface area contributed by atoms with Crippen molar-refractivity contribution in [2.75, 3.05) is 7.11 Å². The second-order valence-electron chi connectivity index (χ2n) is 7.31. The van der Waals surface area contributed by atoms with E-state index in [9.17, 15) is 22.8 Å². The molecule has 9 nitrogen and oxygen atoms in total. The number of rotatable bonds is 4. The van der Waals surface area contributed by atoms with Crippen LogP contribution in [0.2, 0.25) is 0 Å². The smallest absolute Gasteiger partial charge is 0.481 e. The molecule has 176 valence electrons. The van der Waals surface area contributed by atoms with Crippen molar-refractivity contribution in [1.82, 2.24) is 24.5 Å². The van der Waals surface area contributed by atoms with Gasteiger partial charge in [-0.25, -0.2) is 14.8 Å². The highest BCUT2D eigenvalue weighted by Crippen LogP contribution is 2.28. The van der Waals surface area contributed by atoms with E-state index in [1.807, 2.05) is 0 Å². The van der Waals surface area contributed by atoms with Gasteiger partial charge in [-0.2, -0.15) is 0 Å². The minimum Gasteiger partial charge on any atom is -0.481 e. The molecule has 0 fully saturated rings. The molecule has 0 unspecified atom stereocenters. The van der Waals surface area contributed by atoms with Gasteiger partial charge in [-0.05, 0) is 30.3 Å². The van der Waals surface area contributed by atoms with Gasteiger partial charge in [0, 0.05) is 30.1 Å². The van der Waals surface area contributed by atoms with E-state index < -0.39 is 23.4 Å². The maximum atomic E-state index is 12.9. The summed E-state index contributed by atoms with van der Waals surface area (Å²) in [5, 5.41) is 0.0248. The number of nitrogens with one attached hydrogen (secondary N) is 1. The Morgan fingerprint density at radius 1 is 1.00 bits per heavy atom. The SMILES string of the molecule is COc1ccc(-c2ccc3ncc4c(=O)[nH]c(=O)n(-c5cccc(OC(F)(F)F)c5)c4c3n2)cn1. The molecule has 1 aromatic carbocycles. The summed E-state index contributed by atoms with van der Waals surface area (Å²) in [4.78, 5) is 40.7. The van der Waals surface area contributed by atoms with Crippen LogP contribution in [0.25, 0.3) is 38.9 Å². The van der Waals surface area contributed by atoms with Crippen LogP contribution in [-0.2, 0) is 0 Å². The number of methoxy groups -OCH3 is 1. The first-order valence-electron chi connectivity index (χ1n) is 10.0. The van der Waals surface area contributed by atoms with Crippen LogP contribution in [0.15, 0.2) is 70.5 Å². The van der Waals surface area contributed by atoms with Gasteiger partial charge in [-0.15, -0.1) is 13.2 Å². The van der Waals surface area contributed by atoms with E-state index >= 15 is 0 Å². The summed E-state index contributed by atoms with van der Waals surface area (Å²) in [6.07, 6.45) is -2.10. The number of alkyl halides is 3. The van der Waals surface area contributed by atoms with E-state index in [0.29, 0.717) is 22.7 Å². The monoisotopic (exact) mass is 481 g/mol. The lowest BCUT2D eigenvalue weighted by Gasteiger charge is -2.14. The normalized spacial score (nSPS) is 11.7. The number of pyridine rings is 3. The molecule has 0 aliphatic rings. The van der Waals surface area contributed by atoms with Crippen molar-refractivity contribution in [3.63, 3.8) is 0 Å². The van der Waals surface area contributed by atoms with Gasteiger partial charge in [0.2, 0.25) is 5.88 Å². The molecule has 0 amide bonds. The Bertz CT molecular complexity index is 1700. The van der Waals surface area contributed by atoms with Crippen LogP contribution in [0.5, 0.6) is 11.6 Å². The molecule has 0 aliphatic heterocycles. The molecular formula is C23H14F3N5O4.